The molecule has 0 spiro atoms. The lowest BCUT2D eigenvalue weighted by Gasteiger charge is -2.31. The Morgan fingerprint density at radius 2 is 1.86 bits per heavy atom. The van der Waals surface area contributed by atoms with Gasteiger partial charge in [0.05, 0.1) is 30.2 Å². The molecule has 3 aromatic rings. The molecule has 1 aliphatic heterocycles. The first kappa shape index (κ1) is 26.7. The van der Waals surface area contributed by atoms with E-state index < -0.39 is 17.6 Å². The maximum atomic E-state index is 13.3. The Hall–Kier alpha value is -3.34. The lowest BCUT2D eigenvalue weighted by atomic mass is 10.1. The van der Waals surface area contributed by atoms with Crippen molar-refractivity contribution in [2.75, 3.05) is 36.5 Å². The fourth-order valence-electron chi connectivity index (χ4n) is 3.70. The van der Waals surface area contributed by atoms with Gasteiger partial charge < -0.3 is 19.4 Å². The average molecular weight is 550 g/mol. The number of nitrogens with one attached hydrogen (secondary N) is 2. The molecule has 11 heteroatoms. The minimum Gasteiger partial charge on any atom is -0.457 e. The van der Waals surface area contributed by atoms with E-state index in [0.717, 1.165) is 23.3 Å². The molecule has 0 radical (unpaired) electrons. The topological polar surface area (TPSA) is 66.7 Å². The van der Waals surface area contributed by atoms with Crippen LogP contribution in [0.4, 0.5) is 24.5 Å². The maximum Gasteiger partial charge on any atom is 0.416 e. The van der Waals surface area contributed by atoms with E-state index in [-0.39, 0.29) is 10.8 Å². The molecule has 0 saturated carbocycles. The monoisotopic (exact) mass is 549 g/mol. The number of ether oxygens (including phenoxy) is 1. The molecule has 2 heterocycles. The van der Waals surface area contributed by atoms with Crippen LogP contribution in [0.2, 0.25) is 5.02 Å². The Balaban J connectivity index is 1.42. The zero-order valence-electron chi connectivity index (χ0n) is 19.7. The number of hydrogen-bond donors (Lipinski definition) is 2. The molecule has 2 aromatic carbocycles. The van der Waals surface area contributed by atoms with Crippen LogP contribution in [0.25, 0.3) is 17.4 Å². The summed E-state index contributed by atoms with van der Waals surface area (Å²) < 4.78 is 51.0. The zero-order valence-corrected chi connectivity index (χ0v) is 21.3. The number of anilines is 2. The van der Waals surface area contributed by atoms with Crippen LogP contribution in [0.1, 0.15) is 16.9 Å². The van der Waals surface area contributed by atoms with Crippen LogP contribution in [0.3, 0.4) is 0 Å². The summed E-state index contributed by atoms with van der Waals surface area (Å²) in [6, 6.07) is 12.4. The predicted molar refractivity (Wildman–Crippen MR) is 142 cm³/mol. The Bertz CT molecular complexity index is 1330. The van der Waals surface area contributed by atoms with E-state index in [0.29, 0.717) is 48.5 Å². The number of rotatable bonds is 5. The van der Waals surface area contributed by atoms with Crippen LogP contribution in [0.5, 0.6) is 0 Å². The van der Waals surface area contributed by atoms with Crippen LogP contribution in [-0.4, -0.2) is 37.3 Å². The molecule has 4 rings (SSSR count). The second kappa shape index (κ2) is 11.4. The van der Waals surface area contributed by atoms with Gasteiger partial charge >= 0.3 is 6.18 Å². The second-order valence-corrected chi connectivity index (χ2v) is 9.09. The van der Waals surface area contributed by atoms with Crippen molar-refractivity contribution < 1.29 is 27.1 Å². The maximum absolute atomic E-state index is 13.3. The van der Waals surface area contributed by atoms with Gasteiger partial charge in [-0.25, -0.2) is 0 Å². The highest BCUT2D eigenvalue weighted by Gasteiger charge is 2.31. The number of benzene rings is 2. The molecule has 6 nitrogen and oxygen atoms in total. The minimum absolute atomic E-state index is 0.137. The minimum atomic E-state index is -4.53. The van der Waals surface area contributed by atoms with E-state index in [1.54, 1.807) is 18.2 Å². The molecule has 0 aliphatic carbocycles. The molecule has 0 bridgehead atoms. The van der Waals surface area contributed by atoms with Gasteiger partial charge in [-0.05, 0) is 67.2 Å². The number of aryl methyl sites for hydroxylation is 1. The molecule has 1 saturated heterocycles. The van der Waals surface area contributed by atoms with Gasteiger partial charge in [0, 0.05) is 29.8 Å². The van der Waals surface area contributed by atoms with Crippen molar-refractivity contribution in [3.05, 3.63) is 76.5 Å². The molecule has 0 atom stereocenters. The lowest BCUT2D eigenvalue weighted by Crippen LogP contribution is -2.38. The normalized spacial score (nSPS) is 14.1. The van der Waals surface area contributed by atoms with Crippen molar-refractivity contribution in [3.63, 3.8) is 0 Å². The fourth-order valence-corrected chi connectivity index (χ4v) is 4.09. The zero-order chi connectivity index (χ0) is 26.6. The Labute approximate surface area is 222 Å². The molecule has 2 N–H and O–H groups in total. The van der Waals surface area contributed by atoms with E-state index in [9.17, 15) is 18.0 Å². The first-order chi connectivity index (χ1) is 17.6. The number of morpholine rings is 1. The molecule has 1 fully saturated rings. The summed E-state index contributed by atoms with van der Waals surface area (Å²) in [5.41, 5.74) is 1.58. The molecule has 194 valence electrons. The first-order valence-electron chi connectivity index (χ1n) is 11.3. The van der Waals surface area contributed by atoms with Gasteiger partial charge in [0.2, 0.25) is 5.91 Å². The number of halogens is 4. The van der Waals surface area contributed by atoms with Gasteiger partial charge in [-0.3, -0.25) is 10.1 Å². The van der Waals surface area contributed by atoms with E-state index in [2.05, 4.69) is 10.6 Å². The number of amides is 1. The Kier molecular flexibility index (Phi) is 8.21. The third kappa shape index (κ3) is 6.91. The SMILES string of the molecule is Cc1ccc(-c2ccc(/C=C/C(=O)NC(=S)Nc3cc(C(F)(F)F)ccc3N3CCOCC3)o2)cc1Cl. The summed E-state index contributed by atoms with van der Waals surface area (Å²) in [7, 11) is 0. The highest BCUT2D eigenvalue weighted by Crippen LogP contribution is 2.36. The Morgan fingerprint density at radius 1 is 1.11 bits per heavy atom. The number of nitrogens with zero attached hydrogens (tertiary/aromatic N) is 1. The smallest absolute Gasteiger partial charge is 0.416 e. The van der Waals surface area contributed by atoms with Crippen molar-refractivity contribution in [3.8, 4) is 11.3 Å². The van der Waals surface area contributed by atoms with Crippen molar-refractivity contribution in [1.82, 2.24) is 5.32 Å². The highest BCUT2D eigenvalue weighted by molar-refractivity contribution is 7.80. The van der Waals surface area contributed by atoms with Gasteiger partial charge in [0.15, 0.2) is 5.11 Å². The van der Waals surface area contributed by atoms with Crippen molar-refractivity contribution in [1.29, 1.82) is 0 Å². The third-order valence-electron chi connectivity index (χ3n) is 5.64. The van der Waals surface area contributed by atoms with E-state index >= 15 is 0 Å². The number of furan rings is 1. The van der Waals surface area contributed by atoms with Crippen molar-refractivity contribution in [2.45, 2.75) is 13.1 Å². The molecule has 37 heavy (non-hydrogen) atoms. The van der Waals surface area contributed by atoms with Gasteiger partial charge in [-0.15, -0.1) is 0 Å². The van der Waals surface area contributed by atoms with Crippen molar-refractivity contribution in [2.24, 2.45) is 0 Å². The Morgan fingerprint density at radius 3 is 2.57 bits per heavy atom. The fraction of sp³-hybridized carbons (Fsp3) is 0.231. The number of alkyl halides is 3. The van der Waals surface area contributed by atoms with E-state index in [1.807, 2.05) is 24.0 Å². The molecule has 1 amide bonds. The second-order valence-electron chi connectivity index (χ2n) is 8.27. The molecule has 1 aliphatic rings. The third-order valence-corrected chi connectivity index (χ3v) is 6.25. The van der Waals surface area contributed by atoms with Gasteiger partial charge in [0.25, 0.3) is 0 Å². The van der Waals surface area contributed by atoms with Crippen LogP contribution in [0.15, 0.2) is 59.0 Å². The molecule has 0 unspecified atom stereocenters. The summed E-state index contributed by atoms with van der Waals surface area (Å²) in [6.45, 7) is 3.84. The van der Waals surface area contributed by atoms with E-state index in [1.165, 1.54) is 18.2 Å². The summed E-state index contributed by atoms with van der Waals surface area (Å²) in [6.07, 6.45) is -1.85. The average Bonchev–Trinajstić information content (AvgIpc) is 3.33. The van der Waals surface area contributed by atoms with Gasteiger partial charge in [-0.2, -0.15) is 13.2 Å². The summed E-state index contributed by atoms with van der Waals surface area (Å²) in [4.78, 5) is 14.3. The van der Waals surface area contributed by atoms with Gasteiger partial charge in [0.1, 0.15) is 11.5 Å². The first-order valence-corrected chi connectivity index (χ1v) is 12.1. The number of carbonyl (C=O) groups is 1. The van der Waals surface area contributed by atoms with Crippen LogP contribution < -0.4 is 15.5 Å². The standard InChI is InChI=1S/C26H23ClF3N3O3S/c1-16-2-3-17(14-20(16)27)23-8-5-19(36-23)6-9-24(34)32-25(37)31-21-15-18(26(28,29)30)4-7-22(21)33-10-12-35-13-11-33/h2-9,14-15H,10-13H2,1H3,(H2,31,32,34,37)/b9-6+. The number of thiocarbonyl (C=S) groups is 1. The molecule has 1 aromatic heterocycles. The quantitative estimate of drug-likeness (QED) is 0.288. The van der Waals surface area contributed by atoms with Crippen LogP contribution in [-0.2, 0) is 15.7 Å². The van der Waals surface area contributed by atoms with Crippen molar-refractivity contribution >= 4 is 52.3 Å². The van der Waals surface area contributed by atoms with Crippen LogP contribution in [0, 0.1) is 6.92 Å². The molecular weight excluding hydrogens is 527 g/mol. The predicted octanol–water partition coefficient (Wildman–Crippen LogP) is 6.29. The summed E-state index contributed by atoms with van der Waals surface area (Å²) in [5, 5.41) is 5.66. The summed E-state index contributed by atoms with van der Waals surface area (Å²) in [5.74, 6) is 0.432. The van der Waals surface area contributed by atoms with Crippen LogP contribution >= 0.6 is 23.8 Å². The number of carbonyl (C=O) groups excluding carboxylic acids is 1. The van der Waals surface area contributed by atoms with E-state index in [4.69, 9.17) is 33.0 Å². The highest BCUT2D eigenvalue weighted by atomic mass is 35.5. The molecular formula is C26H23ClF3N3O3S. The summed E-state index contributed by atoms with van der Waals surface area (Å²) >= 11 is 11.4. The number of hydrogen-bond acceptors (Lipinski definition) is 5. The largest absolute Gasteiger partial charge is 0.457 e. The lowest BCUT2D eigenvalue weighted by molar-refractivity contribution is -0.137. The van der Waals surface area contributed by atoms with Gasteiger partial charge in [-0.1, -0.05) is 23.7 Å².